The Morgan fingerprint density at radius 1 is 1.08 bits per heavy atom. The van der Waals surface area contributed by atoms with Crippen molar-refractivity contribution in [1.82, 2.24) is 10.9 Å². The zero-order chi connectivity index (χ0) is 17.7. The summed E-state index contributed by atoms with van der Waals surface area (Å²) in [5, 5.41) is 0.139. The number of benzene rings is 2. The first-order valence-electron chi connectivity index (χ1n) is 6.85. The number of hydrazine groups is 1. The van der Waals surface area contributed by atoms with Crippen LogP contribution in [0.15, 0.2) is 42.5 Å². The van der Waals surface area contributed by atoms with Crippen molar-refractivity contribution in [2.75, 3.05) is 0 Å². The zero-order valence-corrected chi connectivity index (χ0v) is 13.2. The van der Waals surface area contributed by atoms with E-state index in [1.54, 1.807) is 6.07 Å². The molecule has 1 atom stereocenters. The van der Waals surface area contributed by atoms with Crippen LogP contribution in [0.1, 0.15) is 17.3 Å². The Labute approximate surface area is 141 Å². The fourth-order valence-corrected chi connectivity index (χ4v) is 1.90. The topological polar surface area (TPSA) is 67.4 Å². The van der Waals surface area contributed by atoms with E-state index in [-0.39, 0.29) is 16.3 Å². The van der Waals surface area contributed by atoms with Crippen LogP contribution in [0.2, 0.25) is 5.02 Å². The summed E-state index contributed by atoms with van der Waals surface area (Å²) in [5.41, 5.74) is 3.83. The van der Waals surface area contributed by atoms with E-state index in [0.717, 1.165) is 6.07 Å². The summed E-state index contributed by atoms with van der Waals surface area (Å²) in [6, 6.07) is 9.07. The number of rotatable bonds is 4. The predicted molar refractivity (Wildman–Crippen MR) is 83.5 cm³/mol. The SMILES string of the molecule is C[C@@H](Oc1ccccc1F)C(=O)NNC(=O)c1ccc(Cl)cc1F. The third kappa shape index (κ3) is 4.42. The predicted octanol–water partition coefficient (Wildman–Crippen LogP) is 2.85. The average molecular weight is 355 g/mol. The maximum Gasteiger partial charge on any atom is 0.279 e. The second-order valence-corrected chi connectivity index (χ2v) is 5.19. The van der Waals surface area contributed by atoms with Gasteiger partial charge in [0, 0.05) is 5.02 Å². The molecule has 2 rings (SSSR count). The summed E-state index contributed by atoms with van der Waals surface area (Å²) in [4.78, 5) is 23.7. The lowest BCUT2D eigenvalue weighted by Crippen LogP contribution is -2.47. The minimum absolute atomic E-state index is 0.102. The molecule has 0 spiro atoms. The molecule has 24 heavy (non-hydrogen) atoms. The molecule has 0 fully saturated rings. The van der Waals surface area contributed by atoms with Gasteiger partial charge in [-0.15, -0.1) is 0 Å². The number of ether oxygens (including phenoxy) is 1. The molecule has 2 aromatic rings. The molecule has 0 radical (unpaired) electrons. The van der Waals surface area contributed by atoms with Crippen LogP contribution in [0, 0.1) is 11.6 Å². The van der Waals surface area contributed by atoms with Crippen molar-refractivity contribution in [3.8, 4) is 5.75 Å². The summed E-state index contributed by atoms with van der Waals surface area (Å²) < 4.78 is 32.2. The smallest absolute Gasteiger partial charge is 0.279 e. The lowest BCUT2D eigenvalue weighted by Gasteiger charge is -2.15. The van der Waals surface area contributed by atoms with Crippen LogP contribution in [-0.2, 0) is 4.79 Å². The Balaban J connectivity index is 1.92. The molecule has 0 heterocycles. The van der Waals surface area contributed by atoms with Gasteiger partial charge in [0.25, 0.3) is 11.8 Å². The Kier molecular flexibility index (Phi) is 5.70. The van der Waals surface area contributed by atoms with Crippen LogP contribution in [0.3, 0.4) is 0 Å². The van der Waals surface area contributed by atoms with Gasteiger partial charge in [0.05, 0.1) is 5.56 Å². The van der Waals surface area contributed by atoms with Crippen LogP contribution in [0.25, 0.3) is 0 Å². The molecule has 0 aliphatic heterocycles. The minimum Gasteiger partial charge on any atom is -0.478 e. The van der Waals surface area contributed by atoms with Crippen LogP contribution in [0.5, 0.6) is 5.75 Å². The van der Waals surface area contributed by atoms with Crippen LogP contribution < -0.4 is 15.6 Å². The van der Waals surface area contributed by atoms with Crippen LogP contribution in [-0.4, -0.2) is 17.9 Å². The van der Waals surface area contributed by atoms with Gasteiger partial charge in [-0.3, -0.25) is 20.4 Å². The first-order chi connectivity index (χ1) is 11.4. The van der Waals surface area contributed by atoms with E-state index >= 15 is 0 Å². The number of para-hydroxylation sites is 1. The second kappa shape index (κ2) is 7.74. The van der Waals surface area contributed by atoms with Gasteiger partial charge >= 0.3 is 0 Å². The first-order valence-corrected chi connectivity index (χ1v) is 7.22. The Morgan fingerprint density at radius 3 is 2.46 bits per heavy atom. The standard InChI is InChI=1S/C16H13ClF2N2O3/c1-9(24-14-5-3-2-4-12(14)18)15(22)20-21-16(23)11-7-6-10(17)8-13(11)19/h2-9H,1H3,(H,20,22)(H,21,23)/t9-/m1/s1. The highest BCUT2D eigenvalue weighted by Gasteiger charge is 2.18. The largest absolute Gasteiger partial charge is 0.478 e. The van der Waals surface area contributed by atoms with E-state index in [1.165, 1.54) is 37.3 Å². The molecule has 0 aliphatic rings. The quantitative estimate of drug-likeness (QED) is 0.830. The molecule has 5 nitrogen and oxygen atoms in total. The number of nitrogens with one attached hydrogen (secondary N) is 2. The summed E-state index contributed by atoms with van der Waals surface area (Å²) in [7, 11) is 0. The zero-order valence-electron chi connectivity index (χ0n) is 12.5. The molecule has 0 bridgehead atoms. The molecule has 126 valence electrons. The van der Waals surface area contributed by atoms with E-state index < -0.39 is 29.6 Å². The molecule has 0 aliphatic carbocycles. The van der Waals surface area contributed by atoms with Crippen molar-refractivity contribution in [3.63, 3.8) is 0 Å². The number of halogens is 3. The van der Waals surface area contributed by atoms with Crippen molar-refractivity contribution in [3.05, 3.63) is 64.7 Å². The molecule has 0 saturated carbocycles. The van der Waals surface area contributed by atoms with Gasteiger partial charge in [-0.2, -0.15) is 0 Å². The summed E-state index contributed by atoms with van der Waals surface area (Å²) >= 11 is 5.59. The van der Waals surface area contributed by atoms with E-state index in [1.807, 2.05) is 5.43 Å². The molecular formula is C16H13ClF2N2O3. The number of carbonyl (C=O) groups is 2. The molecule has 2 aromatic carbocycles. The van der Waals surface area contributed by atoms with Gasteiger partial charge in [-0.25, -0.2) is 8.78 Å². The highest BCUT2D eigenvalue weighted by atomic mass is 35.5. The van der Waals surface area contributed by atoms with E-state index in [4.69, 9.17) is 16.3 Å². The maximum atomic E-state index is 13.6. The van der Waals surface area contributed by atoms with Crippen LogP contribution in [0.4, 0.5) is 8.78 Å². The maximum absolute atomic E-state index is 13.6. The molecular weight excluding hydrogens is 342 g/mol. The lowest BCUT2D eigenvalue weighted by molar-refractivity contribution is -0.128. The summed E-state index contributed by atoms with van der Waals surface area (Å²) in [6.45, 7) is 1.37. The van der Waals surface area contributed by atoms with Gasteiger partial charge in [-0.05, 0) is 37.3 Å². The van der Waals surface area contributed by atoms with Crippen molar-refractivity contribution in [2.24, 2.45) is 0 Å². The van der Waals surface area contributed by atoms with E-state index in [9.17, 15) is 18.4 Å². The van der Waals surface area contributed by atoms with Crippen molar-refractivity contribution in [2.45, 2.75) is 13.0 Å². The summed E-state index contributed by atoms with van der Waals surface area (Å²) in [6.07, 6.45) is -1.09. The molecule has 0 aromatic heterocycles. The van der Waals surface area contributed by atoms with Gasteiger partial charge < -0.3 is 4.74 Å². The number of hydrogen-bond donors (Lipinski definition) is 2. The summed E-state index contributed by atoms with van der Waals surface area (Å²) in [5.74, 6) is -3.15. The van der Waals surface area contributed by atoms with Crippen molar-refractivity contribution < 1.29 is 23.1 Å². The first kappa shape index (κ1) is 17.7. The minimum atomic E-state index is -1.09. The number of hydrogen-bond acceptors (Lipinski definition) is 3. The van der Waals surface area contributed by atoms with Gasteiger partial charge in [-0.1, -0.05) is 23.7 Å². The second-order valence-electron chi connectivity index (χ2n) is 4.76. The normalized spacial score (nSPS) is 11.5. The van der Waals surface area contributed by atoms with Gasteiger partial charge in [0.1, 0.15) is 5.82 Å². The van der Waals surface area contributed by atoms with Crippen molar-refractivity contribution >= 4 is 23.4 Å². The molecule has 0 unspecified atom stereocenters. The fraction of sp³-hybridized carbons (Fsp3) is 0.125. The third-order valence-electron chi connectivity index (χ3n) is 2.98. The monoisotopic (exact) mass is 354 g/mol. The molecule has 2 amide bonds. The Bertz CT molecular complexity index is 771. The highest BCUT2D eigenvalue weighted by molar-refractivity contribution is 6.30. The Hall–Kier alpha value is -2.67. The van der Waals surface area contributed by atoms with E-state index in [0.29, 0.717) is 0 Å². The van der Waals surface area contributed by atoms with Crippen LogP contribution >= 0.6 is 11.6 Å². The molecule has 8 heteroatoms. The number of carbonyl (C=O) groups excluding carboxylic acids is 2. The molecule has 0 saturated heterocycles. The average Bonchev–Trinajstić information content (AvgIpc) is 2.54. The highest BCUT2D eigenvalue weighted by Crippen LogP contribution is 2.17. The van der Waals surface area contributed by atoms with Crippen molar-refractivity contribution in [1.29, 1.82) is 0 Å². The third-order valence-corrected chi connectivity index (χ3v) is 3.22. The Morgan fingerprint density at radius 2 is 1.79 bits per heavy atom. The number of amides is 2. The molecule has 2 N–H and O–H groups in total. The lowest BCUT2D eigenvalue weighted by atomic mass is 10.2. The van der Waals surface area contributed by atoms with Gasteiger partial charge in [0.15, 0.2) is 17.7 Å². The van der Waals surface area contributed by atoms with E-state index in [2.05, 4.69) is 5.43 Å². The van der Waals surface area contributed by atoms with Gasteiger partial charge in [0.2, 0.25) is 0 Å². The fourth-order valence-electron chi connectivity index (χ4n) is 1.75.